The number of fused-ring (bicyclic) bond motifs is 1. The largest absolute Gasteiger partial charge is 0.368 e. The highest BCUT2D eigenvalue weighted by molar-refractivity contribution is 5.47. The molecule has 0 aliphatic heterocycles. The van der Waals surface area contributed by atoms with E-state index in [0.717, 1.165) is 12.4 Å². The van der Waals surface area contributed by atoms with Crippen molar-refractivity contribution in [2.75, 3.05) is 11.9 Å². The van der Waals surface area contributed by atoms with E-state index in [1.807, 2.05) is 0 Å². The average Bonchev–Trinajstić information content (AvgIpc) is 2.58. The van der Waals surface area contributed by atoms with E-state index in [9.17, 15) is 0 Å². The average molecular weight is 193 g/mol. The minimum absolute atomic E-state index is 0.672. The summed E-state index contributed by atoms with van der Waals surface area (Å²) in [6, 6.07) is 0. The Morgan fingerprint density at radius 3 is 2.93 bits per heavy atom. The van der Waals surface area contributed by atoms with Gasteiger partial charge in [0.15, 0.2) is 5.82 Å². The number of hydrogen-bond acceptors (Lipinski definition) is 2. The molecule has 0 spiro atoms. The summed E-state index contributed by atoms with van der Waals surface area (Å²) in [4.78, 5) is 0. The smallest absolute Gasteiger partial charge is 0.151 e. The van der Waals surface area contributed by atoms with Crippen molar-refractivity contribution < 1.29 is 0 Å². The molecule has 3 heteroatoms. The summed E-state index contributed by atoms with van der Waals surface area (Å²) in [6.07, 6.45) is 4.97. The molecule has 1 aromatic heterocycles. The van der Waals surface area contributed by atoms with Crippen LogP contribution in [0, 0.1) is 5.92 Å². The lowest BCUT2D eigenvalue weighted by Gasteiger charge is -2.12. The third kappa shape index (κ3) is 1.91. The summed E-state index contributed by atoms with van der Waals surface area (Å²) in [5.74, 6) is 1.76. The lowest BCUT2D eigenvalue weighted by molar-refractivity contribution is 0.671. The van der Waals surface area contributed by atoms with Crippen molar-refractivity contribution >= 4 is 5.82 Å². The first-order valence-corrected chi connectivity index (χ1v) is 5.57. The minimum Gasteiger partial charge on any atom is -0.368 e. The van der Waals surface area contributed by atoms with E-state index in [0.29, 0.717) is 5.92 Å². The summed E-state index contributed by atoms with van der Waals surface area (Å²) in [5, 5.41) is 10.9. The zero-order chi connectivity index (χ0) is 9.97. The Kier molecular flexibility index (Phi) is 2.75. The highest BCUT2D eigenvalue weighted by Gasteiger charge is 2.16. The van der Waals surface area contributed by atoms with E-state index < -0.39 is 0 Å². The van der Waals surface area contributed by atoms with Gasteiger partial charge in [-0.1, -0.05) is 13.8 Å². The molecule has 1 aromatic rings. The Labute approximate surface area is 85.3 Å². The number of H-pyrrole nitrogens is 1. The molecule has 0 atom stereocenters. The molecule has 14 heavy (non-hydrogen) atoms. The topological polar surface area (TPSA) is 40.7 Å². The Bertz CT molecular complexity index is 301. The Hall–Kier alpha value is -0.990. The number of aryl methyl sites for hydroxylation is 1. The predicted octanol–water partition coefficient (Wildman–Crippen LogP) is 2.36. The van der Waals surface area contributed by atoms with Gasteiger partial charge in [0.1, 0.15) is 0 Å². The molecule has 0 aromatic carbocycles. The highest BCUT2D eigenvalue weighted by Crippen LogP contribution is 2.25. The SMILES string of the molecule is CC(C)CNc1n[nH]c2c1CCCC2. The minimum atomic E-state index is 0.672. The first kappa shape index (κ1) is 9.56. The van der Waals surface area contributed by atoms with E-state index in [1.165, 1.54) is 36.9 Å². The van der Waals surface area contributed by atoms with Gasteiger partial charge in [-0.15, -0.1) is 0 Å². The van der Waals surface area contributed by atoms with Crippen LogP contribution < -0.4 is 5.32 Å². The monoisotopic (exact) mass is 193 g/mol. The second-order valence-electron chi connectivity index (χ2n) is 4.51. The van der Waals surface area contributed by atoms with Crippen molar-refractivity contribution in [2.45, 2.75) is 39.5 Å². The van der Waals surface area contributed by atoms with E-state index in [1.54, 1.807) is 0 Å². The van der Waals surface area contributed by atoms with E-state index in [2.05, 4.69) is 29.4 Å². The number of nitrogens with one attached hydrogen (secondary N) is 2. The van der Waals surface area contributed by atoms with Gasteiger partial charge in [0, 0.05) is 17.8 Å². The lowest BCUT2D eigenvalue weighted by atomic mass is 9.97. The van der Waals surface area contributed by atoms with Crippen LogP contribution in [0.15, 0.2) is 0 Å². The molecule has 0 bridgehead atoms. The number of rotatable bonds is 3. The van der Waals surface area contributed by atoms with E-state index in [4.69, 9.17) is 0 Å². The van der Waals surface area contributed by atoms with Crippen LogP contribution in [0.25, 0.3) is 0 Å². The van der Waals surface area contributed by atoms with Crippen molar-refractivity contribution in [3.05, 3.63) is 11.3 Å². The first-order valence-electron chi connectivity index (χ1n) is 5.57. The van der Waals surface area contributed by atoms with Gasteiger partial charge < -0.3 is 5.32 Å². The van der Waals surface area contributed by atoms with Crippen molar-refractivity contribution in [2.24, 2.45) is 5.92 Å². The van der Waals surface area contributed by atoms with Gasteiger partial charge in [0.25, 0.3) is 0 Å². The van der Waals surface area contributed by atoms with Crippen LogP contribution in [0.3, 0.4) is 0 Å². The fourth-order valence-corrected chi connectivity index (χ4v) is 1.93. The standard InChI is InChI=1S/C11H19N3/c1-8(2)7-12-11-9-5-3-4-6-10(9)13-14-11/h8H,3-7H2,1-2H3,(H2,12,13,14). The van der Waals surface area contributed by atoms with Crippen LogP contribution in [-0.2, 0) is 12.8 Å². The van der Waals surface area contributed by atoms with Crippen LogP contribution in [0.2, 0.25) is 0 Å². The molecule has 0 amide bonds. The van der Waals surface area contributed by atoms with Gasteiger partial charge in [0.05, 0.1) is 0 Å². The Morgan fingerprint density at radius 1 is 1.36 bits per heavy atom. The van der Waals surface area contributed by atoms with Crippen LogP contribution in [0.1, 0.15) is 37.9 Å². The van der Waals surface area contributed by atoms with Gasteiger partial charge in [0.2, 0.25) is 0 Å². The van der Waals surface area contributed by atoms with Crippen molar-refractivity contribution in [1.82, 2.24) is 10.2 Å². The fourth-order valence-electron chi connectivity index (χ4n) is 1.93. The third-order valence-corrected chi connectivity index (χ3v) is 2.73. The quantitative estimate of drug-likeness (QED) is 0.773. The molecule has 78 valence electrons. The van der Waals surface area contributed by atoms with E-state index in [-0.39, 0.29) is 0 Å². The molecule has 0 saturated carbocycles. The maximum atomic E-state index is 4.33. The molecule has 0 radical (unpaired) electrons. The molecule has 1 aliphatic rings. The molecular formula is C11H19N3. The zero-order valence-electron chi connectivity index (χ0n) is 9.06. The fraction of sp³-hybridized carbons (Fsp3) is 0.727. The molecule has 2 rings (SSSR count). The highest BCUT2D eigenvalue weighted by atomic mass is 15.2. The summed E-state index contributed by atoms with van der Waals surface area (Å²) in [7, 11) is 0. The van der Waals surface area contributed by atoms with Crippen LogP contribution in [0.4, 0.5) is 5.82 Å². The summed E-state index contributed by atoms with van der Waals surface area (Å²) in [5.41, 5.74) is 2.78. The second-order valence-corrected chi connectivity index (χ2v) is 4.51. The van der Waals surface area contributed by atoms with Gasteiger partial charge >= 0.3 is 0 Å². The molecule has 2 N–H and O–H groups in total. The van der Waals surface area contributed by atoms with E-state index >= 15 is 0 Å². The van der Waals surface area contributed by atoms with Crippen LogP contribution in [0.5, 0.6) is 0 Å². The number of hydrogen-bond donors (Lipinski definition) is 2. The van der Waals surface area contributed by atoms with Gasteiger partial charge in [-0.3, -0.25) is 5.10 Å². The summed E-state index contributed by atoms with van der Waals surface area (Å²) in [6.45, 7) is 5.44. The normalized spacial score (nSPS) is 15.6. The Morgan fingerprint density at radius 2 is 2.14 bits per heavy atom. The van der Waals surface area contributed by atoms with Crippen LogP contribution in [-0.4, -0.2) is 16.7 Å². The lowest BCUT2D eigenvalue weighted by Crippen LogP contribution is -2.10. The molecule has 3 nitrogen and oxygen atoms in total. The zero-order valence-corrected chi connectivity index (χ0v) is 9.06. The molecule has 1 heterocycles. The van der Waals surface area contributed by atoms with Gasteiger partial charge in [-0.25, -0.2) is 0 Å². The molecule has 1 aliphatic carbocycles. The van der Waals surface area contributed by atoms with Crippen molar-refractivity contribution in [3.8, 4) is 0 Å². The van der Waals surface area contributed by atoms with Crippen molar-refractivity contribution in [3.63, 3.8) is 0 Å². The predicted molar refractivity (Wildman–Crippen MR) is 58.6 cm³/mol. The van der Waals surface area contributed by atoms with Gasteiger partial charge in [-0.05, 0) is 31.6 Å². The van der Waals surface area contributed by atoms with Crippen LogP contribution >= 0.6 is 0 Å². The maximum absolute atomic E-state index is 4.33. The number of aromatic amines is 1. The van der Waals surface area contributed by atoms with Gasteiger partial charge in [-0.2, -0.15) is 5.10 Å². The molecule has 0 saturated heterocycles. The number of aromatic nitrogens is 2. The second kappa shape index (κ2) is 4.03. The first-order chi connectivity index (χ1) is 6.77. The third-order valence-electron chi connectivity index (χ3n) is 2.73. The number of nitrogens with zero attached hydrogens (tertiary/aromatic N) is 1. The summed E-state index contributed by atoms with van der Waals surface area (Å²) < 4.78 is 0. The molecular weight excluding hydrogens is 174 g/mol. The number of anilines is 1. The van der Waals surface area contributed by atoms with Crippen molar-refractivity contribution in [1.29, 1.82) is 0 Å². The maximum Gasteiger partial charge on any atom is 0.151 e. The molecule has 0 unspecified atom stereocenters. The Balaban J connectivity index is 2.06. The summed E-state index contributed by atoms with van der Waals surface area (Å²) >= 11 is 0. The molecule has 0 fully saturated rings.